The van der Waals surface area contributed by atoms with Crippen molar-refractivity contribution in [3.63, 3.8) is 0 Å². The molecule has 2 aliphatic heterocycles. The van der Waals surface area contributed by atoms with Crippen LogP contribution < -0.4 is 0 Å². The van der Waals surface area contributed by atoms with E-state index in [0.717, 1.165) is 64.7 Å². The summed E-state index contributed by atoms with van der Waals surface area (Å²) in [7, 11) is 0. The highest BCUT2D eigenvalue weighted by Gasteiger charge is 2.28. The number of nitrogens with zero attached hydrogens (tertiary/aromatic N) is 4. The Kier molecular flexibility index (Phi) is 6.86. The van der Waals surface area contributed by atoms with Gasteiger partial charge in [-0.1, -0.05) is 36.6 Å². The highest BCUT2D eigenvalue weighted by atomic mass is 16.2. The predicted molar refractivity (Wildman–Crippen MR) is 114 cm³/mol. The molecule has 156 valence electrons. The Hall–Kier alpha value is -1.17. The van der Waals surface area contributed by atoms with Gasteiger partial charge in [0.25, 0.3) is 0 Å². The largest absolute Gasteiger partial charge is 0.340 e. The summed E-state index contributed by atoms with van der Waals surface area (Å²) in [6.07, 6.45) is 14.7. The van der Waals surface area contributed by atoms with Crippen LogP contribution >= 0.6 is 0 Å². The summed E-state index contributed by atoms with van der Waals surface area (Å²) in [4.78, 5) is 22.7. The van der Waals surface area contributed by atoms with Gasteiger partial charge in [0.15, 0.2) is 0 Å². The summed E-state index contributed by atoms with van der Waals surface area (Å²) in [5, 5.41) is 0. The molecule has 0 bridgehead atoms. The molecule has 4 aliphatic rings. The number of amides is 1. The van der Waals surface area contributed by atoms with Gasteiger partial charge in [-0.15, -0.1) is 0 Å². The van der Waals surface area contributed by atoms with Crippen molar-refractivity contribution in [3.05, 3.63) is 23.8 Å². The first-order chi connectivity index (χ1) is 13.7. The first-order valence-electron chi connectivity index (χ1n) is 11.5. The number of carbonyl (C=O) groups excluding carboxylic acids is 1. The van der Waals surface area contributed by atoms with Crippen LogP contribution in [0.3, 0.4) is 0 Å². The Morgan fingerprint density at radius 2 is 1.68 bits per heavy atom. The Morgan fingerprint density at radius 3 is 2.43 bits per heavy atom. The summed E-state index contributed by atoms with van der Waals surface area (Å²) in [5.41, 5.74) is 1.38. The number of allylic oxidation sites excluding steroid dienone is 2. The Morgan fingerprint density at radius 1 is 0.929 bits per heavy atom. The van der Waals surface area contributed by atoms with E-state index in [1.54, 1.807) is 0 Å². The van der Waals surface area contributed by atoms with E-state index < -0.39 is 0 Å². The van der Waals surface area contributed by atoms with Gasteiger partial charge in [0.2, 0.25) is 5.91 Å². The minimum absolute atomic E-state index is 0.345. The first kappa shape index (κ1) is 20.1. The summed E-state index contributed by atoms with van der Waals surface area (Å²) in [6, 6.07) is 1.34. The van der Waals surface area contributed by atoms with Crippen LogP contribution in [-0.4, -0.2) is 96.5 Å². The van der Waals surface area contributed by atoms with Crippen molar-refractivity contribution in [3.8, 4) is 0 Å². The van der Waals surface area contributed by atoms with E-state index in [9.17, 15) is 4.79 Å². The van der Waals surface area contributed by atoms with E-state index in [2.05, 4.69) is 44.8 Å². The molecular weight excluding hydrogens is 348 g/mol. The predicted octanol–water partition coefficient (Wildman–Crippen LogP) is 2.36. The van der Waals surface area contributed by atoms with Gasteiger partial charge in [-0.3, -0.25) is 19.5 Å². The highest BCUT2D eigenvalue weighted by molar-refractivity contribution is 5.78. The van der Waals surface area contributed by atoms with Crippen molar-refractivity contribution < 1.29 is 4.79 Å². The third-order valence-electron chi connectivity index (χ3n) is 7.17. The third-order valence-corrected chi connectivity index (χ3v) is 7.17. The lowest BCUT2D eigenvalue weighted by atomic mass is 10.0. The Labute approximate surface area is 171 Å². The maximum absolute atomic E-state index is 12.9. The molecule has 2 saturated heterocycles. The van der Waals surface area contributed by atoms with Crippen molar-refractivity contribution in [2.45, 2.75) is 57.5 Å². The molecule has 0 aromatic heterocycles. The maximum atomic E-state index is 12.9. The zero-order valence-electron chi connectivity index (χ0n) is 17.7. The van der Waals surface area contributed by atoms with E-state index in [1.165, 1.54) is 37.8 Å². The SMILES string of the molecule is CC1=CC(N2CCN(CC(=O)N3CCCN(C4CCCC4)CC3)CC2)CC=C1. The molecule has 28 heavy (non-hydrogen) atoms. The lowest BCUT2D eigenvalue weighted by Gasteiger charge is -2.39. The minimum atomic E-state index is 0.345. The molecule has 0 aromatic rings. The quantitative estimate of drug-likeness (QED) is 0.742. The lowest BCUT2D eigenvalue weighted by molar-refractivity contribution is -0.132. The number of piperazine rings is 1. The highest BCUT2D eigenvalue weighted by Crippen LogP contribution is 2.24. The number of carbonyl (C=O) groups is 1. The average molecular weight is 387 g/mol. The molecule has 1 atom stereocenters. The number of hydrogen-bond donors (Lipinski definition) is 0. The van der Waals surface area contributed by atoms with Gasteiger partial charge >= 0.3 is 0 Å². The van der Waals surface area contributed by atoms with Gasteiger partial charge in [0, 0.05) is 64.4 Å². The summed E-state index contributed by atoms with van der Waals surface area (Å²) in [5.74, 6) is 0.345. The molecule has 5 heteroatoms. The monoisotopic (exact) mass is 386 g/mol. The summed E-state index contributed by atoms with van der Waals surface area (Å²) in [6.45, 7) is 11.1. The molecule has 3 fully saturated rings. The van der Waals surface area contributed by atoms with Crippen LogP contribution in [0.15, 0.2) is 23.8 Å². The van der Waals surface area contributed by atoms with Crippen LogP contribution in [0.4, 0.5) is 0 Å². The van der Waals surface area contributed by atoms with Crippen molar-refractivity contribution >= 4 is 5.91 Å². The van der Waals surface area contributed by atoms with Gasteiger partial charge in [-0.25, -0.2) is 0 Å². The molecule has 0 radical (unpaired) electrons. The van der Waals surface area contributed by atoms with E-state index in [-0.39, 0.29) is 0 Å². The minimum Gasteiger partial charge on any atom is -0.340 e. The summed E-state index contributed by atoms with van der Waals surface area (Å²) >= 11 is 0. The first-order valence-corrected chi connectivity index (χ1v) is 11.5. The second-order valence-electron chi connectivity index (χ2n) is 9.14. The second kappa shape index (κ2) is 9.55. The standard InChI is InChI=1S/C23H38N4O/c1-20-6-4-9-22(18-20)26-14-12-24(13-15-26)19-23(28)27-11-5-10-25(16-17-27)21-7-2-3-8-21/h4,6,18,21-22H,2-3,5,7-17,19H2,1H3. The van der Waals surface area contributed by atoms with Crippen LogP contribution in [0.1, 0.15) is 45.4 Å². The van der Waals surface area contributed by atoms with E-state index in [0.29, 0.717) is 18.5 Å². The van der Waals surface area contributed by atoms with Crippen LogP contribution in [0.5, 0.6) is 0 Å². The molecule has 0 spiro atoms. The molecule has 1 saturated carbocycles. The zero-order valence-corrected chi connectivity index (χ0v) is 17.7. The van der Waals surface area contributed by atoms with Crippen LogP contribution in [-0.2, 0) is 4.79 Å². The van der Waals surface area contributed by atoms with Crippen LogP contribution in [0.2, 0.25) is 0 Å². The van der Waals surface area contributed by atoms with Crippen molar-refractivity contribution in [2.24, 2.45) is 0 Å². The Bertz CT molecular complexity index is 587. The molecule has 1 unspecified atom stereocenters. The van der Waals surface area contributed by atoms with Crippen LogP contribution in [0.25, 0.3) is 0 Å². The van der Waals surface area contributed by atoms with Gasteiger partial charge in [-0.2, -0.15) is 0 Å². The molecule has 2 heterocycles. The Balaban J connectivity index is 1.21. The van der Waals surface area contributed by atoms with Crippen molar-refractivity contribution in [2.75, 3.05) is 58.9 Å². The average Bonchev–Trinajstić information content (AvgIpc) is 3.13. The lowest BCUT2D eigenvalue weighted by Crippen LogP contribution is -2.52. The molecule has 0 aromatic carbocycles. The van der Waals surface area contributed by atoms with Gasteiger partial charge in [0.1, 0.15) is 0 Å². The molecule has 0 N–H and O–H groups in total. The third kappa shape index (κ3) is 5.05. The second-order valence-corrected chi connectivity index (χ2v) is 9.14. The van der Waals surface area contributed by atoms with Gasteiger partial charge in [-0.05, 0) is 32.6 Å². The molecule has 2 aliphatic carbocycles. The summed E-state index contributed by atoms with van der Waals surface area (Å²) < 4.78 is 0. The van der Waals surface area contributed by atoms with E-state index in [4.69, 9.17) is 0 Å². The van der Waals surface area contributed by atoms with Gasteiger partial charge < -0.3 is 4.90 Å². The number of rotatable bonds is 4. The molecule has 1 amide bonds. The molecule has 4 rings (SSSR count). The molecule has 5 nitrogen and oxygen atoms in total. The van der Waals surface area contributed by atoms with E-state index in [1.807, 2.05) is 0 Å². The van der Waals surface area contributed by atoms with Crippen molar-refractivity contribution in [1.82, 2.24) is 19.6 Å². The fourth-order valence-electron chi connectivity index (χ4n) is 5.44. The zero-order chi connectivity index (χ0) is 19.3. The fraction of sp³-hybridized carbons (Fsp3) is 0.783. The smallest absolute Gasteiger partial charge is 0.236 e. The van der Waals surface area contributed by atoms with Crippen molar-refractivity contribution in [1.29, 1.82) is 0 Å². The maximum Gasteiger partial charge on any atom is 0.236 e. The van der Waals surface area contributed by atoms with E-state index >= 15 is 0 Å². The fourth-order valence-corrected chi connectivity index (χ4v) is 5.44. The number of hydrogen-bond acceptors (Lipinski definition) is 4. The van der Waals surface area contributed by atoms with Gasteiger partial charge in [0.05, 0.1) is 6.54 Å². The van der Waals surface area contributed by atoms with Crippen LogP contribution in [0, 0.1) is 0 Å². The topological polar surface area (TPSA) is 30.0 Å². The normalized spacial score (nSPS) is 29.1. The molecular formula is C23H38N4O.